The minimum absolute atomic E-state index is 0.152. The minimum Gasteiger partial charge on any atom is -0.385 e. The first-order valence-electron chi connectivity index (χ1n) is 6.62. The molecule has 1 aromatic rings. The monoisotopic (exact) mass is 249 g/mol. The molecular weight excluding hydrogens is 226 g/mol. The second-order valence-electron chi connectivity index (χ2n) is 4.39. The minimum atomic E-state index is 0.152. The number of ether oxygens (including phenoxy) is 1. The quantitative estimate of drug-likeness (QED) is 0.683. The fraction of sp³-hybridized carbons (Fsp3) is 0.533. The highest BCUT2D eigenvalue weighted by Crippen LogP contribution is 2.05. The Morgan fingerprint density at radius 2 is 1.94 bits per heavy atom. The van der Waals surface area contributed by atoms with Crippen LogP contribution in [0.2, 0.25) is 0 Å². The molecule has 1 rings (SSSR count). The lowest BCUT2D eigenvalue weighted by Gasteiger charge is -2.05. The van der Waals surface area contributed by atoms with Gasteiger partial charge in [0.1, 0.15) is 0 Å². The van der Waals surface area contributed by atoms with Gasteiger partial charge < -0.3 is 10.1 Å². The topological polar surface area (TPSA) is 38.3 Å². The molecule has 0 fully saturated rings. The molecule has 0 unspecified atom stereocenters. The maximum Gasteiger partial charge on any atom is 0.219 e. The Hall–Kier alpha value is -1.35. The van der Waals surface area contributed by atoms with Crippen molar-refractivity contribution in [1.82, 2.24) is 5.32 Å². The molecule has 0 radical (unpaired) electrons. The van der Waals surface area contributed by atoms with Crippen LogP contribution in [0.1, 0.15) is 31.2 Å². The zero-order valence-corrected chi connectivity index (χ0v) is 11.2. The van der Waals surface area contributed by atoms with Gasteiger partial charge in [-0.15, -0.1) is 0 Å². The van der Waals surface area contributed by atoms with Gasteiger partial charge in [-0.2, -0.15) is 0 Å². The first-order valence-corrected chi connectivity index (χ1v) is 6.62. The molecule has 18 heavy (non-hydrogen) atoms. The Morgan fingerprint density at radius 1 is 1.17 bits per heavy atom. The number of rotatable bonds is 9. The van der Waals surface area contributed by atoms with Gasteiger partial charge >= 0.3 is 0 Å². The summed E-state index contributed by atoms with van der Waals surface area (Å²) in [5.74, 6) is 0.152. The number of nitrogens with one attached hydrogen (secondary N) is 1. The average Bonchev–Trinajstić information content (AvgIpc) is 2.41. The van der Waals surface area contributed by atoms with Crippen LogP contribution >= 0.6 is 0 Å². The number of methoxy groups -OCH3 is 1. The van der Waals surface area contributed by atoms with E-state index in [2.05, 4.69) is 29.6 Å². The summed E-state index contributed by atoms with van der Waals surface area (Å²) in [7, 11) is 1.67. The Bertz CT molecular complexity index is 325. The Labute approximate surface area is 110 Å². The van der Waals surface area contributed by atoms with E-state index in [0.29, 0.717) is 19.6 Å². The van der Waals surface area contributed by atoms with E-state index < -0.39 is 0 Å². The van der Waals surface area contributed by atoms with Crippen molar-refractivity contribution in [2.75, 3.05) is 20.3 Å². The zero-order valence-electron chi connectivity index (χ0n) is 11.2. The van der Waals surface area contributed by atoms with Crippen LogP contribution in [-0.2, 0) is 16.0 Å². The predicted molar refractivity (Wildman–Crippen MR) is 73.5 cm³/mol. The van der Waals surface area contributed by atoms with Crippen LogP contribution in [0.5, 0.6) is 0 Å². The molecule has 3 heteroatoms. The number of aryl methyl sites for hydroxylation is 1. The smallest absolute Gasteiger partial charge is 0.219 e. The Balaban J connectivity index is 1.99. The van der Waals surface area contributed by atoms with Crippen LogP contribution in [0.15, 0.2) is 30.3 Å². The summed E-state index contributed by atoms with van der Waals surface area (Å²) >= 11 is 0. The number of carbonyl (C=O) groups excluding carboxylic acids is 1. The fourth-order valence-corrected chi connectivity index (χ4v) is 1.79. The number of carbonyl (C=O) groups is 1. The van der Waals surface area contributed by atoms with Crippen LogP contribution in [0, 0.1) is 0 Å². The molecule has 0 saturated carbocycles. The molecule has 3 nitrogen and oxygen atoms in total. The molecule has 0 spiro atoms. The third-order valence-electron chi connectivity index (χ3n) is 2.81. The predicted octanol–water partition coefficient (Wildman–Crippen LogP) is 2.55. The molecule has 1 N–H and O–H groups in total. The molecule has 0 saturated heterocycles. The van der Waals surface area contributed by atoms with Crippen LogP contribution in [0.25, 0.3) is 0 Å². The van der Waals surface area contributed by atoms with Gasteiger partial charge in [0, 0.05) is 26.7 Å². The highest BCUT2D eigenvalue weighted by molar-refractivity contribution is 5.75. The summed E-state index contributed by atoms with van der Waals surface area (Å²) in [6.07, 6.45) is 4.57. The number of benzene rings is 1. The van der Waals surface area contributed by atoms with Gasteiger partial charge in [0.15, 0.2) is 0 Å². The van der Waals surface area contributed by atoms with Gasteiger partial charge in [-0.3, -0.25) is 4.79 Å². The van der Waals surface area contributed by atoms with Gasteiger partial charge in [-0.05, 0) is 31.2 Å². The molecule has 0 aromatic heterocycles. The molecule has 1 amide bonds. The number of hydrogen-bond donors (Lipinski definition) is 1. The Kier molecular flexibility index (Phi) is 7.89. The van der Waals surface area contributed by atoms with Crippen LogP contribution in [-0.4, -0.2) is 26.2 Å². The number of hydrogen-bond acceptors (Lipinski definition) is 2. The van der Waals surface area contributed by atoms with Crippen molar-refractivity contribution in [3.63, 3.8) is 0 Å². The van der Waals surface area contributed by atoms with E-state index >= 15 is 0 Å². The second kappa shape index (κ2) is 9.66. The SMILES string of the molecule is COCCCNC(=O)CCCCc1ccccc1. The molecule has 100 valence electrons. The second-order valence-corrected chi connectivity index (χ2v) is 4.39. The van der Waals surface area contributed by atoms with Crippen molar-refractivity contribution in [3.05, 3.63) is 35.9 Å². The van der Waals surface area contributed by atoms with Crippen LogP contribution < -0.4 is 5.32 Å². The van der Waals surface area contributed by atoms with Crippen LogP contribution in [0.3, 0.4) is 0 Å². The molecule has 0 aliphatic carbocycles. The van der Waals surface area contributed by atoms with Gasteiger partial charge in [0.2, 0.25) is 5.91 Å². The van der Waals surface area contributed by atoms with E-state index in [4.69, 9.17) is 4.74 Å². The number of amides is 1. The van der Waals surface area contributed by atoms with Crippen molar-refractivity contribution in [2.45, 2.75) is 32.1 Å². The van der Waals surface area contributed by atoms with Crippen molar-refractivity contribution >= 4 is 5.91 Å². The lowest BCUT2D eigenvalue weighted by Crippen LogP contribution is -2.24. The Morgan fingerprint density at radius 3 is 2.67 bits per heavy atom. The average molecular weight is 249 g/mol. The van der Waals surface area contributed by atoms with Crippen LogP contribution in [0.4, 0.5) is 0 Å². The lowest BCUT2D eigenvalue weighted by molar-refractivity contribution is -0.121. The third kappa shape index (κ3) is 7.07. The summed E-state index contributed by atoms with van der Waals surface area (Å²) in [4.78, 5) is 11.5. The van der Waals surface area contributed by atoms with E-state index in [0.717, 1.165) is 25.7 Å². The fourth-order valence-electron chi connectivity index (χ4n) is 1.79. The summed E-state index contributed by atoms with van der Waals surface area (Å²) in [5.41, 5.74) is 1.35. The highest BCUT2D eigenvalue weighted by Gasteiger charge is 2.00. The maximum atomic E-state index is 11.5. The van der Waals surface area contributed by atoms with E-state index in [-0.39, 0.29) is 5.91 Å². The summed E-state index contributed by atoms with van der Waals surface area (Å²) in [6, 6.07) is 10.4. The zero-order chi connectivity index (χ0) is 13.1. The molecular formula is C15H23NO2. The van der Waals surface area contributed by atoms with E-state index in [9.17, 15) is 4.79 Å². The van der Waals surface area contributed by atoms with E-state index in [1.165, 1.54) is 5.56 Å². The van der Waals surface area contributed by atoms with Gasteiger partial charge in [-0.25, -0.2) is 0 Å². The lowest BCUT2D eigenvalue weighted by atomic mass is 10.1. The summed E-state index contributed by atoms with van der Waals surface area (Å²) < 4.78 is 4.92. The summed E-state index contributed by atoms with van der Waals surface area (Å²) in [6.45, 7) is 1.42. The van der Waals surface area contributed by atoms with Crippen molar-refractivity contribution < 1.29 is 9.53 Å². The first kappa shape index (κ1) is 14.7. The molecule has 0 aliphatic rings. The molecule has 1 aromatic carbocycles. The standard InChI is InChI=1S/C15H23NO2/c1-18-13-7-12-16-15(17)11-6-5-10-14-8-3-2-4-9-14/h2-4,8-9H,5-7,10-13H2,1H3,(H,16,17). The van der Waals surface area contributed by atoms with Crippen molar-refractivity contribution in [2.24, 2.45) is 0 Å². The highest BCUT2D eigenvalue weighted by atomic mass is 16.5. The molecule has 0 bridgehead atoms. The molecule has 0 heterocycles. The van der Waals surface area contributed by atoms with E-state index in [1.54, 1.807) is 7.11 Å². The third-order valence-corrected chi connectivity index (χ3v) is 2.81. The normalized spacial score (nSPS) is 10.3. The first-order chi connectivity index (χ1) is 8.83. The van der Waals surface area contributed by atoms with E-state index in [1.807, 2.05) is 6.07 Å². The largest absolute Gasteiger partial charge is 0.385 e. The van der Waals surface area contributed by atoms with Crippen molar-refractivity contribution in [1.29, 1.82) is 0 Å². The van der Waals surface area contributed by atoms with Gasteiger partial charge in [0.05, 0.1) is 0 Å². The van der Waals surface area contributed by atoms with Crippen molar-refractivity contribution in [3.8, 4) is 0 Å². The number of unbranched alkanes of at least 4 members (excludes halogenated alkanes) is 1. The van der Waals surface area contributed by atoms with Gasteiger partial charge in [0.25, 0.3) is 0 Å². The molecule has 0 atom stereocenters. The molecule has 0 aliphatic heterocycles. The van der Waals surface area contributed by atoms with Gasteiger partial charge in [-0.1, -0.05) is 30.3 Å². The maximum absolute atomic E-state index is 11.5. The summed E-state index contributed by atoms with van der Waals surface area (Å²) in [5, 5.41) is 2.90.